The molecule has 0 fully saturated rings. The number of aliphatic hydroxyl groups excluding tert-OH is 6. The van der Waals surface area contributed by atoms with Crippen LogP contribution in [0.25, 0.3) is 11.1 Å². The van der Waals surface area contributed by atoms with Crippen molar-refractivity contribution < 1.29 is 49.6 Å². The molecule has 3 atom stereocenters. The van der Waals surface area contributed by atoms with E-state index in [1.807, 2.05) is 71.9 Å². The number of aryl methyl sites for hydroxylation is 5. The van der Waals surface area contributed by atoms with Gasteiger partial charge in [-0.2, -0.15) is 0 Å². The van der Waals surface area contributed by atoms with Crippen molar-refractivity contribution in [3.05, 3.63) is 98.3 Å². The summed E-state index contributed by atoms with van der Waals surface area (Å²) < 4.78 is 23.6. The third-order valence-corrected chi connectivity index (χ3v) is 8.52. The largest absolute Gasteiger partial charge is 0.494 e. The van der Waals surface area contributed by atoms with E-state index in [-0.39, 0.29) is 52.2 Å². The molecule has 0 heterocycles. The summed E-state index contributed by atoms with van der Waals surface area (Å²) in [5.41, 5.74) is 8.96. The monoisotopic (exact) mass is 678 g/mol. The van der Waals surface area contributed by atoms with E-state index in [9.17, 15) is 30.6 Å². The van der Waals surface area contributed by atoms with E-state index >= 15 is 0 Å². The quantitative estimate of drug-likeness (QED) is 0.118. The Bertz CT molecular complexity index is 1600. The van der Waals surface area contributed by atoms with Gasteiger partial charge in [0.1, 0.15) is 42.3 Å². The minimum Gasteiger partial charge on any atom is -0.494 e. The number of hydrogen-bond acceptors (Lipinski definition) is 10. The minimum atomic E-state index is -1.29. The van der Waals surface area contributed by atoms with Crippen LogP contribution in [0.1, 0.15) is 52.3 Å². The predicted octanol–water partition coefficient (Wildman–Crippen LogP) is 4.62. The summed E-state index contributed by atoms with van der Waals surface area (Å²) >= 11 is 0. The first-order valence-corrected chi connectivity index (χ1v) is 16.5. The second-order valence-corrected chi connectivity index (χ2v) is 12.9. The first kappa shape index (κ1) is 37.9. The summed E-state index contributed by atoms with van der Waals surface area (Å²) in [6.07, 6.45) is 0.267. The topological polar surface area (TPSA) is 158 Å². The van der Waals surface area contributed by atoms with Gasteiger partial charge in [0.15, 0.2) is 6.61 Å². The lowest BCUT2D eigenvalue weighted by Crippen LogP contribution is -2.27. The van der Waals surface area contributed by atoms with Crippen LogP contribution in [0.5, 0.6) is 17.2 Å². The van der Waals surface area contributed by atoms with Gasteiger partial charge in [-0.15, -0.1) is 0 Å². The third-order valence-electron chi connectivity index (χ3n) is 8.52. The second kappa shape index (κ2) is 17.2. The van der Waals surface area contributed by atoms with Gasteiger partial charge in [-0.3, -0.25) is 0 Å². The molecule has 0 aliphatic heterocycles. The molecule has 49 heavy (non-hydrogen) atoms. The predicted molar refractivity (Wildman–Crippen MR) is 186 cm³/mol. The molecule has 0 bridgehead atoms. The fourth-order valence-electron chi connectivity index (χ4n) is 6.39. The first-order valence-electron chi connectivity index (χ1n) is 16.5. The molecule has 0 saturated carbocycles. The van der Waals surface area contributed by atoms with Crippen molar-refractivity contribution in [1.29, 1.82) is 0 Å². The Balaban J connectivity index is 1.40. The lowest BCUT2D eigenvalue weighted by atomic mass is 9.89. The summed E-state index contributed by atoms with van der Waals surface area (Å²) in [5, 5.41) is 60.4. The smallest absolute Gasteiger partial charge is 0.231 e. The number of benzene rings is 3. The fraction of sp³-hybridized carbons (Fsp3) is 0.436. The highest BCUT2D eigenvalue weighted by molar-refractivity contribution is 5.70. The molecule has 0 aromatic heterocycles. The normalized spacial score (nSPS) is 15.9. The lowest BCUT2D eigenvalue weighted by Gasteiger charge is -2.27. The zero-order valence-corrected chi connectivity index (χ0v) is 29.2. The van der Waals surface area contributed by atoms with Crippen LogP contribution in [0.15, 0.2) is 59.4 Å². The van der Waals surface area contributed by atoms with E-state index in [1.54, 1.807) is 12.1 Å². The van der Waals surface area contributed by atoms with E-state index in [0.29, 0.717) is 46.1 Å². The van der Waals surface area contributed by atoms with Crippen molar-refractivity contribution in [3.63, 3.8) is 0 Å². The third kappa shape index (κ3) is 9.42. The van der Waals surface area contributed by atoms with Gasteiger partial charge in [-0.25, -0.2) is 0 Å². The summed E-state index contributed by atoms with van der Waals surface area (Å²) in [7, 11) is 0. The van der Waals surface area contributed by atoms with Gasteiger partial charge < -0.3 is 49.6 Å². The maximum atomic E-state index is 10.7. The van der Waals surface area contributed by atoms with E-state index in [2.05, 4.69) is 0 Å². The van der Waals surface area contributed by atoms with Gasteiger partial charge >= 0.3 is 0 Å². The highest BCUT2D eigenvalue weighted by atomic mass is 16.6. The molecular formula is C39H50O10. The number of allylic oxidation sites excluding steroid dienone is 1. The average Bonchev–Trinajstić information content (AvgIpc) is 3.07. The van der Waals surface area contributed by atoms with Crippen LogP contribution in [0.3, 0.4) is 0 Å². The van der Waals surface area contributed by atoms with Crippen molar-refractivity contribution >= 4 is 0 Å². The maximum absolute atomic E-state index is 10.7. The van der Waals surface area contributed by atoms with Crippen LogP contribution in [0.2, 0.25) is 0 Å². The molecule has 6 N–H and O–H groups in total. The van der Waals surface area contributed by atoms with E-state index < -0.39 is 12.4 Å². The molecule has 0 radical (unpaired) electrons. The van der Waals surface area contributed by atoms with Crippen LogP contribution in [-0.2, 0) is 18.0 Å². The van der Waals surface area contributed by atoms with Gasteiger partial charge in [-0.05, 0) is 106 Å². The summed E-state index contributed by atoms with van der Waals surface area (Å²) in [4.78, 5) is 0. The second-order valence-electron chi connectivity index (χ2n) is 12.9. The summed E-state index contributed by atoms with van der Waals surface area (Å²) in [6, 6.07) is 11.5. The Labute approximate surface area is 288 Å². The molecule has 10 heteroatoms. The molecule has 3 unspecified atom stereocenters. The van der Waals surface area contributed by atoms with E-state index in [4.69, 9.17) is 18.9 Å². The molecule has 0 spiro atoms. The maximum Gasteiger partial charge on any atom is 0.231 e. The molecule has 1 aliphatic rings. The Kier molecular flexibility index (Phi) is 13.3. The van der Waals surface area contributed by atoms with Crippen LogP contribution in [-0.4, -0.2) is 76.1 Å². The minimum absolute atomic E-state index is 0.00422. The standard InChI is InChI=1S/C39H50O10/c1-22-7-30(15-40)38(31(8-22)16-41)47-20-34(44)19-46-36-24(3)11-28(12-25(36)4)29-13-26(5)37(27(6)14-29)49-35(45)21-48-39-32(17-42)9-23(2)10-33(39)18-43/h7,9-14,31,34-35,40-45H,8,15-21H2,1-6H3. The van der Waals surface area contributed by atoms with Crippen molar-refractivity contribution in [3.8, 4) is 28.4 Å². The van der Waals surface area contributed by atoms with Gasteiger partial charge in [0, 0.05) is 22.6 Å². The molecule has 266 valence electrons. The Morgan fingerprint density at radius 2 is 1.14 bits per heavy atom. The van der Waals surface area contributed by atoms with E-state index in [1.165, 1.54) is 0 Å². The Morgan fingerprint density at radius 3 is 1.65 bits per heavy atom. The van der Waals surface area contributed by atoms with Gasteiger partial charge in [-0.1, -0.05) is 29.3 Å². The molecule has 3 aromatic carbocycles. The van der Waals surface area contributed by atoms with Gasteiger partial charge in [0.2, 0.25) is 6.29 Å². The molecule has 0 saturated heterocycles. The lowest BCUT2D eigenvalue weighted by molar-refractivity contribution is -0.0493. The average molecular weight is 679 g/mol. The molecule has 3 aromatic rings. The zero-order chi connectivity index (χ0) is 35.8. The highest BCUT2D eigenvalue weighted by Gasteiger charge is 2.24. The fourth-order valence-corrected chi connectivity index (χ4v) is 6.39. The van der Waals surface area contributed by atoms with Crippen LogP contribution in [0, 0.1) is 40.5 Å². The SMILES string of the molecule is CC1=CC(CO)=C(OCC(O)COc2c(C)cc(-c3cc(C)c(OC(O)COc4c(CO)cc(C)cc4CO)c(C)c3)cc2C)C(CO)C1. The van der Waals surface area contributed by atoms with Gasteiger partial charge in [0.05, 0.1) is 26.4 Å². The highest BCUT2D eigenvalue weighted by Crippen LogP contribution is 2.35. The van der Waals surface area contributed by atoms with Crippen molar-refractivity contribution in [2.24, 2.45) is 5.92 Å². The molecule has 0 amide bonds. The van der Waals surface area contributed by atoms with E-state index in [0.717, 1.165) is 44.5 Å². The zero-order valence-electron chi connectivity index (χ0n) is 29.2. The number of rotatable bonds is 16. The molecule has 4 rings (SSSR count). The summed E-state index contributed by atoms with van der Waals surface area (Å²) in [6.45, 7) is 10.4. The van der Waals surface area contributed by atoms with Crippen LogP contribution < -0.4 is 14.2 Å². The molecule has 1 aliphatic carbocycles. The first-order chi connectivity index (χ1) is 23.4. The number of ether oxygens (including phenoxy) is 4. The van der Waals surface area contributed by atoms with Gasteiger partial charge in [0.25, 0.3) is 0 Å². The van der Waals surface area contributed by atoms with Crippen molar-refractivity contribution in [1.82, 2.24) is 0 Å². The van der Waals surface area contributed by atoms with Crippen molar-refractivity contribution in [2.45, 2.75) is 73.6 Å². The summed E-state index contributed by atoms with van der Waals surface area (Å²) in [5.74, 6) is 1.79. The van der Waals surface area contributed by atoms with Crippen LogP contribution >= 0.6 is 0 Å². The number of aliphatic hydroxyl groups is 6. The molecular weight excluding hydrogens is 628 g/mol. The van der Waals surface area contributed by atoms with Crippen molar-refractivity contribution in [2.75, 3.05) is 33.0 Å². The number of hydrogen-bond donors (Lipinski definition) is 6. The Hall–Kier alpha value is -3.90. The Morgan fingerprint density at radius 1 is 0.633 bits per heavy atom. The van der Waals surface area contributed by atoms with Crippen LogP contribution in [0.4, 0.5) is 0 Å². The molecule has 10 nitrogen and oxygen atoms in total.